The van der Waals surface area contributed by atoms with E-state index in [1.165, 1.54) is 11.3 Å². The van der Waals surface area contributed by atoms with Gasteiger partial charge in [-0.3, -0.25) is 9.36 Å². The smallest absolute Gasteiger partial charge is 0.338 e. The molecule has 43 heavy (non-hydrogen) atoms. The number of esters is 1. The van der Waals surface area contributed by atoms with Crippen molar-refractivity contribution in [1.29, 1.82) is 0 Å². The molecule has 0 fully saturated rings. The van der Waals surface area contributed by atoms with E-state index in [0.717, 1.165) is 33.6 Å². The maximum atomic E-state index is 14.3. The Hall–Kier alpha value is -4.63. The third-order valence-corrected chi connectivity index (χ3v) is 8.59. The van der Waals surface area contributed by atoms with E-state index in [-0.39, 0.29) is 24.9 Å². The lowest BCUT2D eigenvalue weighted by Gasteiger charge is -2.28. The van der Waals surface area contributed by atoms with Gasteiger partial charge in [-0.2, -0.15) is 0 Å². The number of nitrogens with zero attached hydrogens (tertiary/aromatic N) is 2. The van der Waals surface area contributed by atoms with Crippen molar-refractivity contribution in [1.82, 2.24) is 4.57 Å². The van der Waals surface area contributed by atoms with Gasteiger partial charge in [-0.1, -0.05) is 61.6 Å². The van der Waals surface area contributed by atoms with Gasteiger partial charge in [-0.25, -0.2) is 9.79 Å². The van der Waals surface area contributed by atoms with Gasteiger partial charge < -0.3 is 18.9 Å². The number of hydrogen-bond acceptors (Lipinski definition) is 8. The van der Waals surface area contributed by atoms with Crippen molar-refractivity contribution in [2.75, 3.05) is 20.5 Å². The average molecular weight is 597 g/mol. The number of thiazole rings is 1. The molecule has 2 aliphatic rings. The summed E-state index contributed by atoms with van der Waals surface area (Å²) in [6, 6.07) is 18.3. The molecule has 0 amide bonds. The molecule has 0 spiro atoms. The Morgan fingerprint density at radius 3 is 2.60 bits per heavy atom. The van der Waals surface area contributed by atoms with E-state index in [9.17, 15) is 9.59 Å². The first-order valence-corrected chi connectivity index (χ1v) is 15.0. The third-order valence-electron chi connectivity index (χ3n) is 7.60. The zero-order valence-corrected chi connectivity index (χ0v) is 25.5. The van der Waals surface area contributed by atoms with Crippen molar-refractivity contribution >= 4 is 29.1 Å². The van der Waals surface area contributed by atoms with Crippen LogP contribution in [0.25, 0.3) is 11.8 Å². The molecular formula is C34H32N2O6S. The monoisotopic (exact) mass is 596 g/mol. The molecule has 9 heteroatoms. The fourth-order valence-electron chi connectivity index (χ4n) is 5.53. The van der Waals surface area contributed by atoms with E-state index in [1.54, 1.807) is 18.6 Å². The maximum absolute atomic E-state index is 14.3. The number of benzene rings is 3. The highest BCUT2D eigenvalue weighted by Gasteiger charge is 2.36. The van der Waals surface area contributed by atoms with Gasteiger partial charge in [0, 0.05) is 5.56 Å². The Morgan fingerprint density at radius 2 is 1.88 bits per heavy atom. The van der Waals surface area contributed by atoms with Gasteiger partial charge in [0.05, 0.1) is 35.6 Å². The molecule has 4 aromatic rings. The van der Waals surface area contributed by atoms with Gasteiger partial charge in [-0.05, 0) is 72.4 Å². The molecule has 1 atom stereocenters. The standard InChI is InChI=1S/C34H32N2O6S/c1-6-40-33(38)29-30(22-10-8-7-9-11-22)35-34-36(31(29)24-17-23(19(2)3)26(39-5)14-20(24)4)32(37)28(43-34)16-21-12-13-25-27(15-21)42-18-41-25/h7-17,19,31H,6,18H2,1-5H3/b28-16-/t31-/m1/s1. The fraction of sp³-hybridized carbons (Fsp3) is 0.265. The molecule has 8 nitrogen and oxygen atoms in total. The summed E-state index contributed by atoms with van der Waals surface area (Å²) in [5.41, 5.74) is 4.79. The van der Waals surface area contributed by atoms with E-state index in [2.05, 4.69) is 13.8 Å². The lowest BCUT2D eigenvalue weighted by Crippen LogP contribution is -2.40. The van der Waals surface area contributed by atoms with Crippen LogP contribution in [0.5, 0.6) is 17.2 Å². The molecule has 2 aliphatic heterocycles. The zero-order valence-electron chi connectivity index (χ0n) is 24.7. The van der Waals surface area contributed by atoms with E-state index in [4.69, 9.17) is 23.9 Å². The number of hydrogen-bond donors (Lipinski definition) is 0. The van der Waals surface area contributed by atoms with Gasteiger partial charge >= 0.3 is 5.97 Å². The zero-order chi connectivity index (χ0) is 30.2. The van der Waals surface area contributed by atoms with Crippen LogP contribution < -0.4 is 29.1 Å². The minimum atomic E-state index is -0.771. The van der Waals surface area contributed by atoms with Gasteiger partial charge in [0.1, 0.15) is 5.75 Å². The van der Waals surface area contributed by atoms with Crippen LogP contribution in [-0.2, 0) is 9.53 Å². The number of carbonyl (C=O) groups is 1. The first-order valence-electron chi connectivity index (χ1n) is 14.2. The highest BCUT2D eigenvalue weighted by molar-refractivity contribution is 7.07. The molecule has 0 radical (unpaired) electrons. The quantitative estimate of drug-likeness (QED) is 0.276. The summed E-state index contributed by atoms with van der Waals surface area (Å²) in [6.07, 6.45) is 1.82. The Balaban J connectivity index is 1.66. The van der Waals surface area contributed by atoms with Gasteiger partial charge in [0.15, 0.2) is 16.3 Å². The third kappa shape index (κ3) is 5.14. The van der Waals surface area contributed by atoms with Crippen LogP contribution in [0.4, 0.5) is 0 Å². The Morgan fingerprint density at radius 1 is 1.12 bits per heavy atom. The van der Waals surface area contributed by atoms with Crippen LogP contribution in [0, 0.1) is 6.92 Å². The SMILES string of the molecule is CCOC(=O)C1=C(c2ccccc2)N=c2s/c(=C\c3ccc4c(c3)OCO4)c(=O)n2[C@@H]1c1cc(C(C)C)c(OC)cc1C. The van der Waals surface area contributed by atoms with E-state index < -0.39 is 12.0 Å². The molecule has 0 bridgehead atoms. The molecule has 3 heterocycles. The fourth-order valence-corrected chi connectivity index (χ4v) is 6.53. The average Bonchev–Trinajstić information content (AvgIpc) is 3.60. The molecule has 1 aromatic heterocycles. The summed E-state index contributed by atoms with van der Waals surface area (Å²) in [6.45, 7) is 8.27. The van der Waals surface area contributed by atoms with Crippen molar-refractivity contribution in [3.8, 4) is 17.2 Å². The van der Waals surface area contributed by atoms with Crippen LogP contribution in [0.2, 0.25) is 0 Å². The highest BCUT2D eigenvalue weighted by Crippen LogP contribution is 2.40. The second kappa shape index (κ2) is 11.6. The minimum Gasteiger partial charge on any atom is -0.496 e. The normalized spacial score (nSPS) is 15.9. The first kappa shape index (κ1) is 28.5. The summed E-state index contributed by atoms with van der Waals surface area (Å²) < 4.78 is 24.4. The molecule has 0 aliphatic carbocycles. The Labute approximate surface area is 253 Å². The number of carbonyl (C=O) groups excluding carboxylic acids is 1. The van der Waals surface area contributed by atoms with Crippen LogP contribution in [0.1, 0.15) is 60.5 Å². The van der Waals surface area contributed by atoms with Crippen LogP contribution in [0.3, 0.4) is 0 Å². The maximum Gasteiger partial charge on any atom is 0.338 e. The Kier molecular flexibility index (Phi) is 7.66. The molecular weight excluding hydrogens is 564 g/mol. The topological polar surface area (TPSA) is 88.4 Å². The highest BCUT2D eigenvalue weighted by atomic mass is 32.1. The van der Waals surface area contributed by atoms with Crippen LogP contribution >= 0.6 is 11.3 Å². The van der Waals surface area contributed by atoms with Gasteiger partial charge in [0.2, 0.25) is 6.79 Å². The van der Waals surface area contributed by atoms with Crippen molar-refractivity contribution < 1.29 is 23.7 Å². The summed E-state index contributed by atoms with van der Waals surface area (Å²) >= 11 is 1.28. The minimum absolute atomic E-state index is 0.139. The van der Waals surface area contributed by atoms with Gasteiger partial charge in [-0.15, -0.1) is 0 Å². The number of methoxy groups -OCH3 is 1. The van der Waals surface area contributed by atoms with Crippen molar-refractivity contribution in [3.05, 3.63) is 114 Å². The summed E-state index contributed by atoms with van der Waals surface area (Å²) in [5, 5.41) is 0. The second-order valence-electron chi connectivity index (χ2n) is 10.6. The largest absolute Gasteiger partial charge is 0.496 e. The molecule has 3 aromatic carbocycles. The first-order chi connectivity index (χ1) is 20.8. The number of aryl methyl sites for hydroxylation is 1. The predicted molar refractivity (Wildman–Crippen MR) is 165 cm³/mol. The van der Waals surface area contributed by atoms with E-state index >= 15 is 0 Å². The predicted octanol–water partition coefficient (Wildman–Crippen LogP) is 5.10. The molecule has 0 N–H and O–H groups in total. The van der Waals surface area contributed by atoms with Crippen molar-refractivity contribution in [2.24, 2.45) is 4.99 Å². The molecule has 0 unspecified atom stereocenters. The van der Waals surface area contributed by atoms with Crippen molar-refractivity contribution in [2.45, 2.75) is 39.7 Å². The number of fused-ring (bicyclic) bond motifs is 2. The molecule has 220 valence electrons. The van der Waals surface area contributed by atoms with E-state index in [1.807, 2.05) is 73.7 Å². The molecule has 0 saturated heterocycles. The number of ether oxygens (including phenoxy) is 4. The Bertz CT molecular complexity index is 1940. The summed E-state index contributed by atoms with van der Waals surface area (Å²) in [5.74, 6) is 1.68. The number of rotatable bonds is 7. The van der Waals surface area contributed by atoms with Crippen LogP contribution in [-0.4, -0.2) is 31.0 Å². The molecule has 6 rings (SSSR count). The van der Waals surface area contributed by atoms with Crippen LogP contribution in [0.15, 0.2) is 76.0 Å². The summed E-state index contributed by atoms with van der Waals surface area (Å²) in [4.78, 5) is 33.6. The van der Waals surface area contributed by atoms with Crippen molar-refractivity contribution in [3.63, 3.8) is 0 Å². The van der Waals surface area contributed by atoms with E-state index in [0.29, 0.717) is 32.1 Å². The lowest BCUT2D eigenvalue weighted by molar-refractivity contribution is -0.138. The summed E-state index contributed by atoms with van der Waals surface area (Å²) in [7, 11) is 1.65. The number of aromatic nitrogens is 1. The lowest BCUT2D eigenvalue weighted by atomic mass is 9.87. The second-order valence-corrected chi connectivity index (χ2v) is 11.7. The van der Waals surface area contributed by atoms with Gasteiger partial charge in [0.25, 0.3) is 5.56 Å². The molecule has 0 saturated carbocycles.